The van der Waals surface area contributed by atoms with Gasteiger partial charge in [0.2, 0.25) is 0 Å². The van der Waals surface area contributed by atoms with Crippen molar-refractivity contribution in [2.75, 3.05) is 39.3 Å². The number of nitrogens with zero attached hydrogens (tertiary/aromatic N) is 2. The van der Waals surface area contributed by atoms with Crippen molar-refractivity contribution in [3.05, 3.63) is 35.4 Å². The van der Waals surface area contributed by atoms with E-state index in [2.05, 4.69) is 27.2 Å². The molecule has 26 heavy (non-hydrogen) atoms. The zero-order valence-corrected chi connectivity index (χ0v) is 15.8. The smallest absolute Gasteiger partial charge is 0.251 e. The van der Waals surface area contributed by atoms with Gasteiger partial charge in [-0.15, -0.1) is 0 Å². The van der Waals surface area contributed by atoms with Crippen molar-refractivity contribution in [1.29, 1.82) is 0 Å². The van der Waals surface area contributed by atoms with E-state index in [0.717, 1.165) is 31.6 Å². The lowest BCUT2D eigenvalue weighted by atomic mass is 10.0. The number of carbonyl (C=O) groups is 1. The van der Waals surface area contributed by atoms with Gasteiger partial charge in [-0.1, -0.05) is 25.0 Å². The molecule has 0 bridgehead atoms. The van der Waals surface area contributed by atoms with Gasteiger partial charge in [-0.2, -0.15) is 0 Å². The van der Waals surface area contributed by atoms with Gasteiger partial charge < -0.3 is 10.4 Å². The topological polar surface area (TPSA) is 55.8 Å². The lowest BCUT2D eigenvalue weighted by molar-refractivity contribution is 0.0849. The van der Waals surface area contributed by atoms with Crippen LogP contribution < -0.4 is 5.32 Å². The number of nitrogens with one attached hydrogen (secondary N) is 1. The number of rotatable bonds is 7. The van der Waals surface area contributed by atoms with Crippen molar-refractivity contribution < 1.29 is 9.90 Å². The second-order valence-electron chi connectivity index (χ2n) is 7.66. The molecule has 0 radical (unpaired) electrons. The van der Waals surface area contributed by atoms with Crippen LogP contribution in [0.1, 0.15) is 54.4 Å². The molecule has 1 atom stereocenters. The molecule has 2 heterocycles. The molecule has 0 aliphatic carbocycles. The Morgan fingerprint density at radius 1 is 1.04 bits per heavy atom. The van der Waals surface area contributed by atoms with E-state index < -0.39 is 0 Å². The van der Waals surface area contributed by atoms with E-state index in [0.29, 0.717) is 6.54 Å². The summed E-state index contributed by atoms with van der Waals surface area (Å²) in [4.78, 5) is 17.1. The Balaban J connectivity index is 1.42. The van der Waals surface area contributed by atoms with Crippen molar-refractivity contribution in [1.82, 2.24) is 15.1 Å². The number of carbonyl (C=O) groups excluding carboxylic acids is 1. The Morgan fingerprint density at radius 2 is 1.77 bits per heavy atom. The van der Waals surface area contributed by atoms with Gasteiger partial charge in [0.05, 0.1) is 6.61 Å². The fourth-order valence-corrected chi connectivity index (χ4v) is 4.11. The van der Waals surface area contributed by atoms with Gasteiger partial charge in [-0.05, 0) is 63.0 Å². The van der Waals surface area contributed by atoms with Gasteiger partial charge in [0.25, 0.3) is 5.91 Å². The first-order valence-electron chi connectivity index (χ1n) is 10.2. The van der Waals surface area contributed by atoms with E-state index in [9.17, 15) is 9.90 Å². The normalized spacial score (nSPS) is 22.3. The van der Waals surface area contributed by atoms with Gasteiger partial charge in [0, 0.05) is 31.2 Å². The van der Waals surface area contributed by atoms with Crippen molar-refractivity contribution in [2.24, 2.45) is 0 Å². The number of hydrogen-bond donors (Lipinski definition) is 2. The molecule has 2 aliphatic rings. The van der Waals surface area contributed by atoms with Crippen molar-refractivity contribution in [2.45, 2.75) is 51.1 Å². The number of hydrogen-bond acceptors (Lipinski definition) is 4. The first kappa shape index (κ1) is 19.3. The maximum absolute atomic E-state index is 12.3. The summed E-state index contributed by atoms with van der Waals surface area (Å²) in [6.07, 6.45) is 7.39. The zero-order valence-electron chi connectivity index (χ0n) is 15.8. The Hall–Kier alpha value is -1.43. The fourth-order valence-electron chi connectivity index (χ4n) is 4.11. The lowest BCUT2D eigenvalue weighted by Crippen LogP contribution is -2.45. The number of amides is 1. The monoisotopic (exact) mass is 359 g/mol. The third-order valence-corrected chi connectivity index (χ3v) is 5.72. The van der Waals surface area contributed by atoms with Crippen LogP contribution in [0, 0.1) is 0 Å². The SMILES string of the molecule is O=C(NCCN1CCCCC1CO)c1ccc(CN2CCCCC2)cc1. The second kappa shape index (κ2) is 10.0. The minimum atomic E-state index is -0.00733. The van der Waals surface area contributed by atoms with Crippen molar-refractivity contribution in [3.63, 3.8) is 0 Å². The Kier molecular flexibility index (Phi) is 7.47. The van der Waals surface area contributed by atoms with E-state index in [1.54, 1.807) is 0 Å². The van der Waals surface area contributed by atoms with Crippen LogP contribution in [0.25, 0.3) is 0 Å². The predicted octanol–water partition coefficient (Wildman–Crippen LogP) is 2.25. The molecule has 2 N–H and O–H groups in total. The van der Waals surface area contributed by atoms with Crippen LogP contribution in [-0.4, -0.2) is 66.2 Å². The quantitative estimate of drug-likeness (QED) is 0.784. The van der Waals surface area contributed by atoms with Gasteiger partial charge in [-0.25, -0.2) is 0 Å². The number of likely N-dealkylation sites (tertiary alicyclic amines) is 2. The van der Waals surface area contributed by atoms with Crippen molar-refractivity contribution >= 4 is 5.91 Å². The van der Waals surface area contributed by atoms with Gasteiger partial charge in [-0.3, -0.25) is 14.6 Å². The molecule has 2 aliphatic heterocycles. The largest absolute Gasteiger partial charge is 0.395 e. The summed E-state index contributed by atoms with van der Waals surface area (Å²) in [5, 5.41) is 12.5. The molecule has 2 saturated heterocycles. The molecule has 144 valence electrons. The average Bonchev–Trinajstić information content (AvgIpc) is 2.69. The Bertz CT molecular complexity index is 555. The van der Waals surface area contributed by atoms with Gasteiger partial charge in [0.1, 0.15) is 0 Å². The number of benzene rings is 1. The fraction of sp³-hybridized carbons (Fsp3) is 0.667. The van der Waals surface area contributed by atoms with Crippen LogP contribution in [0.3, 0.4) is 0 Å². The minimum absolute atomic E-state index is 0.00733. The van der Waals surface area contributed by atoms with Crippen LogP contribution in [-0.2, 0) is 6.54 Å². The second-order valence-corrected chi connectivity index (χ2v) is 7.66. The highest BCUT2D eigenvalue weighted by atomic mass is 16.3. The molecule has 1 amide bonds. The highest BCUT2D eigenvalue weighted by molar-refractivity contribution is 5.94. The van der Waals surface area contributed by atoms with Crippen molar-refractivity contribution in [3.8, 4) is 0 Å². The molecule has 0 saturated carbocycles. The summed E-state index contributed by atoms with van der Waals surface area (Å²) in [5.41, 5.74) is 2.01. The summed E-state index contributed by atoms with van der Waals surface area (Å²) in [7, 11) is 0. The first-order chi connectivity index (χ1) is 12.8. The van der Waals surface area contributed by atoms with E-state index in [1.165, 1.54) is 50.8 Å². The molecule has 0 aromatic heterocycles. The van der Waals surface area contributed by atoms with E-state index in [4.69, 9.17) is 0 Å². The third kappa shape index (κ3) is 5.53. The summed E-state index contributed by atoms with van der Waals surface area (Å²) in [5.74, 6) is -0.00733. The summed E-state index contributed by atoms with van der Waals surface area (Å²) in [6, 6.07) is 8.29. The molecule has 1 aromatic carbocycles. The van der Waals surface area contributed by atoms with E-state index in [-0.39, 0.29) is 18.6 Å². The van der Waals surface area contributed by atoms with E-state index >= 15 is 0 Å². The molecule has 2 fully saturated rings. The summed E-state index contributed by atoms with van der Waals surface area (Å²) in [6.45, 7) is 6.04. The standard InChI is InChI=1S/C21H33N3O2/c25-17-20-6-2-5-14-24(20)15-11-22-21(26)19-9-7-18(8-10-19)16-23-12-3-1-4-13-23/h7-10,20,25H,1-6,11-17H2,(H,22,26). The molecule has 1 unspecified atom stereocenters. The maximum atomic E-state index is 12.3. The minimum Gasteiger partial charge on any atom is -0.395 e. The lowest BCUT2D eigenvalue weighted by Gasteiger charge is -2.34. The van der Waals surface area contributed by atoms with Gasteiger partial charge >= 0.3 is 0 Å². The number of aliphatic hydroxyl groups excluding tert-OH is 1. The predicted molar refractivity (Wildman–Crippen MR) is 104 cm³/mol. The first-order valence-corrected chi connectivity index (χ1v) is 10.2. The third-order valence-electron chi connectivity index (χ3n) is 5.72. The Morgan fingerprint density at radius 3 is 2.50 bits per heavy atom. The highest BCUT2D eigenvalue weighted by Gasteiger charge is 2.21. The molecule has 5 heteroatoms. The van der Waals surface area contributed by atoms with Crippen LogP contribution in [0.2, 0.25) is 0 Å². The summed E-state index contributed by atoms with van der Waals surface area (Å²) >= 11 is 0. The molecule has 3 rings (SSSR count). The zero-order chi connectivity index (χ0) is 18.2. The van der Waals surface area contributed by atoms with Gasteiger partial charge in [0.15, 0.2) is 0 Å². The molecule has 1 aromatic rings. The maximum Gasteiger partial charge on any atom is 0.251 e. The average molecular weight is 360 g/mol. The molecular formula is C21H33N3O2. The van der Waals surface area contributed by atoms with Crippen LogP contribution in [0.4, 0.5) is 0 Å². The van der Waals surface area contributed by atoms with Crippen LogP contribution in [0.5, 0.6) is 0 Å². The van der Waals surface area contributed by atoms with Crippen LogP contribution in [0.15, 0.2) is 24.3 Å². The highest BCUT2D eigenvalue weighted by Crippen LogP contribution is 2.16. The number of piperidine rings is 2. The van der Waals surface area contributed by atoms with E-state index in [1.807, 2.05) is 12.1 Å². The molecule has 5 nitrogen and oxygen atoms in total. The molecular weight excluding hydrogens is 326 g/mol. The number of aliphatic hydroxyl groups is 1. The van der Waals surface area contributed by atoms with Crippen LogP contribution >= 0.6 is 0 Å². The summed E-state index contributed by atoms with van der Waals surface area (Å²) < 4.78 is 0. The Labute approximate surface area is 157 Å². The molecule has 0 spiro atoms.